The van der Waals surface area contributed by atoms with Crippen molar-refractivity contribution in [1.82, 2.24) is 9.56 Å². The van der Waals surface area contributed by atoms with E-state index in [1.807, 2.05) is 48.5 Å². The van der Waals surface area contributed by atoms with Crippen molar-refractivity contribution in [3.8, 4) is 11.5 Å². The van der Waals surface area contributed by atoms with Crippen LogP contribution in [0.15, 0.2) is 58.7 Å². The molecule has 12 heteroatoms. The lowest BCUT2D eigenvalue weighted by atomic mass is 10.2. The Balaban J connectivity index is 1.93. The maximum atomic E-state index is 5.89. The molecule has 0 fully saturated rings. The highest BCUT2D eigenvalue weighted by Gasteiger charge is 2.12. The first-order chi connectivity index (χ1) is 13.7. The van der Waals surface area contributed by atoms with E-state index in [1.165, 1.54) is 4.78 Å². The lowest BCUT2D eigenvalue weighted by Crippen LogP contribution is -2.03. The number of ether oxygens (including phenoxy) is 1. The first-order valence-corrected chi connectivity index (χ1v) is 15.3. The number of hydrogen-bond donors (Lipinski definition) is 0. The Bertz CT molecular complexity index is 937. The van der Waals surface area contributed by atoms with Crippen LogP contribution in [0.25, 0.3) is 0 Å². The fourth-order valence-electron chi connectivity index (χ4n) is 1.89. The van der Waals surface area contributed by atoms with Gasteiger partial charge in [-0.2, -0.15) is 10.2 Å². The van der Waals surface area contributed by atoms with Gasteiger partial charge in [0, 0.05) is 14.1 Å². The molecule has 0 amide bonds. The van der Waals surface area contributed by atoms with E-state index in [-0.39, 0.29) is 0 Å². The number of methoxy groups -OCH3 is 1. The molecule has 0 N–H and O–H groups in total. The highest BCUT2D eigenvalue weighted by Crippen LogP contribution is 2.59. The summed E-state index contributed by atoms with van der Waals surface area (Å²) >= 11 is 22.2. The Morgan fingerprint density at radius 1 is 0.931 bits per heavy atom. The standard InChI is InChI=1S/C17H20Cl2N4O2P2S2/c1-22(20-12-14-4-8-16(24-3)9-5-14)26(28)25-17-10-6-15(7-11-17)13-21-23(2)27(18,19)29/h4-13,26H,1-3H3/b20-12+,21-13+. The summed E-state index contributed by atoms with van der Waals surface area (Å²) in [5.74, 6) is 1.45. The monoisotopic (exact) mass is 508 g/mol. The molecular formula is C17H20Cl2N4O2P2S2. The van der Waals surface area contributed by atoms with Crippen LogP contribution in [0.5, 0.6) is 11.5 Å². The van der Waals surface area contributed by atoms with Gasteiger partial charge in [-0.1, -0.05) is 0 Å². The van der Waals surface area contributed by atoms with Crippen molar-refractivity contribution < 1.29 is 9.26 Å². The van der Waals surface area contributed by atoms with Crippen LogP contribution in [0.1, 0.15) is 11.1 Å². The Kier molecular flexibility index (Phi) is 9.41. The minimum Gasteiger partial charge on any atom is -0.497 e. The Hall–Kier alpha value is -1.14. The topological polar surface area (TPSA) is 49.7 Å². The second-order valence-corrected chi connectivity index (χ2v) is 15.8. The molecule has 0 saturated carbocycles. The summed E-state index contributed by atoms with van der Waals surface area (Å²) in [6, 6.07) is 14.9. The Labute approximate surface area is 191 Å². The number of rotatable bonds is 9. The molecule has 0 heterocycles. The van der Waals surface area contributed by atoms with Crippen LogP contribution in [0.3, 0.4) is 0 Å². The molecule has 0 saturated heterocycles. The van der Waals surface area contributed by atoms with Gasteiger partial charge < -0.3 is 9.26 Å². The van der Waals surface area contributed by atoms with E-state index >= 15 is 0 Å². The van der Waals surface area contributed by atoms with E-state index < -0.39 is 12.0 Å². The van der Waals surface area contributed by atoms with Gasteiger partial charge in [-0.25, -0.2) is 9.56 Å². The minimum absolute atomic E-state index is 0.658. The van der Waals surface area contributed by atoms with Crippen molar-refractivity contribution >= 4 is 70.5 Å². The molecule has 0 spiro atoms. The molecule has 0 aliphatic rings. The van der Waals surface area contributed by atoms with E-state index in [0.717, 1.165) is 16.9 Å². The molecule has 1 atom stereocenters. The SMILES string of the molecule is COc1ccc(/C=N/N(C)[PH](=S)Oc2ccc(/C=N/N(C)P(=S)(Cl)Cl)cc2)cc1. The van der Waals surface area contributed by atoms with E-state index in [0.29, 0.717) is 5.75 Å². The van der Waals surface area contributed by atoms with Crippen molar-refractivity contribution in [2.45, 2.75) is 0 Å². The van der Waals surface area contributed by atoms with E-state index in [4.69, 9.17) is 55.4 Å². The summed E-state index contributed by atoms with van der Waals surface area (Å²) < 4.78 is 14.0. The summed E-state index contributed by atoms with van der Waals surface area (Å²) in [4.78, 5) is -2.61. The van der Waals surface area contributed by atoms with Gasteiger partial charge in [-0.15, -0.1) is 0 Å². The first kappa shape index (κ1) is 24.1. The van der Waals surface area contributed by atoms with Crippen molar-refractivity contribution in [2.75, 3.05) is 21.2 Å². The van der Waals surface area contributed by atoms with Crippen LogP contribution >= 0.6 is 34.5 Å². The molecule has 156 valence electrons. The summed E-state index contributed by atoms with van der Waals surface area (Å²) in [5.41, 5.74) is 1.79. The van der Waals surface area contributed by atoms with Crippen LogP contribution in [0.2, 0.25) is 0 Å². The molecule has 29 heavy (non-hydrogen) atoms. The van der Waals surface area contributed by atoms with Crippen molar-refractivity contribution in [3.05, 3.63) is 59.7 Å². The van der Waals surface area contributed by atoms with Crippen LogP contribution in [-0.2, 0) is 23.6 Å². The van der Waals surface area contributed by atoms with Gasteiger partial charge in [0.15, 0.2) is 0 Å². The van der Waals surface area contributed by atoms with E-state index in [2.05, 4.69) is 10.2 Å². The number of halogens is 2. The number of hydrazone groups is 2. The number of nitrogens with zero attached hydrogens (tertiary/aromatic N) is 4. The van der Waals surface area contributed by atoms with Gasteiger partial charge in [0.1, 0.15) is 11.5 Å². The minimum atomic E-state index is -2.61. The van der Waals surface area contributed by atoms with Crippen LogP contribution in [0.4, 0.5) is 0 Å². The average Bonchev–Trinajstić information content (AvgIpc) is 2.70. The molecule has 2 aromatic carbocycles. The van der Waals surface area contributed by atoms with Gasteiger partial charge in [0.05, 0.1) is 19.5 Å². The molecule has 1 unspecified atom stereocenters. The highest BCUT2D eigenvalue weighted by atomic mass is 35.9. The van der Waals surface area contributed by atoms with Crippen molar-refractivity contribution in [2.24, 2.45) is 10.2 Å². The lowest BCUT2D eigenvalue weighted by molar-refractivity contribution is 0.415. The van der Waals surface area contributed by atoms with Crippen LogP contribution < -0.4 is 9.26 Å². The van der Waals surface area contributed by atoms with Gasteiger partial charge in [0.2, 0.25) is 12.0 Å². The second kappa shape index (κ2) is 11.3. The largest absolute Gasteiger partial charge is 0.497 e. The fourth-order valence-corrected chi connectivity index (χ4v) is 3.47. The number of benzene rings is 2. The molecule has 0 aliphatic carbocycles. The molecule has 6 nitrogen and oxygen atoms in total. The van der Waals surface area contributed by atoms with Crippen molar-refractivity contribution in [3.63, 3.8) is 0 Å². The third kappa shape index (κ3) is 8.25. The summed E-state index contributed by atoms with van der Waals surface area (Å²) in [5, 5.41) is 8.51. The van der Waals surface area contributed by atoms with Gasteiger partial charge in [-0.3, -0.25) is 0 Å². The zero-order chi connectivity index (χ0) is 21.4. The average molecular weight is 509 g/mol. The second-order valence-electron chi connectivity index (χ2n) is 5.65. The molecule has 0 aromatic heterocycles. The van der Waals surface area contributed by atoms with E-state index in [1.54, 1.807) is 38.4 Å². The van der Waals surface area contributed by atoms with Gasteiger partial charge in [-0.05, 0) is 106 Å². The predicted molar refractivity (Wildman–Crippen MR) is 132 cm³/mol. The molecule has 2 aromatic rings. The zero-order valence-corrected chi connectivity index (χ0v) is 20.9. The normalized spacial score (nSPS) is 12.9. The van der Waals surface area contributed by atoms with Crippen molar-refractivity contribution in [1.29, 1.82) is 0 Å². The Morgan fingerprint density at radius 3 is 1.90 bits per heavy atom. The van der Waals surface area contributed by atoms with Gasteiger partial charge in [0.25, 0.3) is 0 Å². The fraction of sp³-hybridized carbons (Fsp3) is 0.176. The lowest BCUT2D eigenvalue weighted by Gasteiger charge is -2.17. The number of hydrogen-bond acceptors (Lipinski definition) is 6. The maximum Gasteiger partial charge on any atom is 0.222 e. The third-order valence-corrected chi connectivity index (χ3v) is 8.45. The summed E-state index contributed by atoms with van der Waals surface area (Å²) in [6.45, 7) is 0. The molecular weight excluding hydrogens is 489 g/mol. The zero-order valence-electron chi connectivity index (χ0n) is 15.9. The maximum absolute atomic E-state index is 5.89. The van der Waals surface area contributed by atoms with Gasteiger partial charge >= 0.3 is 0 Å². The van der Waals surface area contributed by atoms with Crippen LogP contribution in [-0.4, -0.2) is 43.2 Å². The van der Waals surface area contributed by atoms with E-state index in [9.17, 15) is 0 Å². The quantitative estimate of drug-likeness (QED) is 0.252. The molecule has 0 radical (unpaired) electrons. The molecule has 0 bridgehead atoms. The predicted octanol–water partition coefficient (Wildman–Crippen LogP) is 5.51. The van der Waals surface area contributed by atoms with Crippen LogP contribution in [0, 0.1) is 0 Å². The molecule has 2 rings (SSSR count). The summed E-state index contributed by atoms with van der Waals surface area (Å²) in [6.07, 6.45) is 3.35. The molecule has 0 aliphatic heterocycles. The first-order valence-electron chi connectivity index (χ1n) is 8.20. The third-order valence-electron chi connectivity index (χ3n) is 3.56. The highest BCUT2D eigenvalue weighted by molar-refractivity contribution is 8.37. The summed E-state index contributed by atoms with van der Waals surface area (Å²) in [7, 11) is 3.31. The Morgan fingerprint density at radius 2 is 1.41 bits per heavy atom. The smallest absolute Gasteiger partial charge is 0.222 e.